The Morgan fingerprint density at radius 2 is 2.10 bits per heavy atom. The van der Waals surface area contributed by atoms with Gasteiger partial charge in [-0.15, -0.1) is 0 Å². The van der Waals surface area contributed by atoms with Crippen LogP contribution in [0.4, 0.5) is 5.69 Å². The maximum atomic E-state index is 12.3. The van der Waals surface area contributed by atoms with Gasteiger partial charge in [0.25, 0.3) is 0 Å². The number of hydrogen-bond donors (Lipinski definition) is 1. The van der Waals surface area contributed by atoms with Gasteiger partial charge in [-0.1, -0.05) is 13.0 Å². The Hall–Kier alpha value is -1.44. The van der Waals surface area contributed by atoms with Gasteiger partial charge in [0.05, 0.1) is 4.90 Å². The van der Waals surface area contributed by atoms with E-state index in [-0.39, 0.29) is 23.3 Å². The Balaban J connectivity index is 2.42. The average Bonchev–Trinajstić information content (AvgIpc) is 2.88. The molecule has 1 amide bonds. The molecule has 0 bridgehead atoms. The molecule has 1 heterocycles. The fraction of sp³-hybridized carbons (Fsp3) is 0.500. The normalized spacial score (nSPS) is 16.1. The molecule has 6 nitrogen and oxygen atoms in total. The van der Waals surface area contributed by atoms with Crippen molar-refractivity contribution < 1.29 is 13.2 Å². The summed E-state index contributed by atoms with van der Waals surface area (Å²) in [5, 5.41) is 0. The summed E-state index contributed by atoms with van der Waals surface area (Å²) in [4.78, 5) is 14.2. The number of rotatable bonds is 4. The number of nitrogens with two attached hydrogens (primary N) is 1. The Labute approximate surface area is 125 Å². The van der Waals surface area contributed by atoms with E-state index < -0.39 is 10.0 Å². The third-order valence-electron chi connectivity index (χ3n) is 3.77. The molecule has 0 fully saturated rings. The van der Waals surface area contributed by atoms with Crippen LogP contribution in [0.25, 0.3) is 0 Å². The van der Waals surface area contributed by atoms with Gasteiger partial charge < -0.3 is 10.6 Å². The minimum Gasteiger partial charge on any atom is -0.330 e. The smallest absolute Gasteiger partial charge is 0.242 e. The topological polar surface area (TPSA) is 83.7 Å². The van der Waals surface area contributed by atoms with Gasteiger partial charge in [-0.2, -0.15) is 0 Å². The van der Waals surface area contributed by atoms with Gasteiger partial charge in [0.15, 0.2) is 0 Å². The van der Waals surface area contributed by atoms with Crippen LogP contribution >= 0.6 is 0 Å². The fourth-order valence-electron chi connectivity index (χ4n) is 2.33. The molecule has 0 aromatic heterocycles. The second kappa shape index (κ2) is 5.75. The van der Waals surface area contributed by atoms with Crippen molar-refractivity contribution in [2.45, 2.75) is 18.2 Å². The van der Waals surface area contributed by atoms with E-state index in [4.69, 9.17) is 5.73 Å². The number of sulfonamides is 1. The lowest BCUT2D eigenvalue weighted by Crippen LogP contribution is -2.36. The van der Waals surface area contributed by atoms with Crippen LogP contribution in [0.1, 0.15) is 12.5 Å². The lowest BCUT2D eigenvalue weighted by atomic mass is 10.1. The highest BCUT2D eigenvalue weighted by molar-refractivity contribution is 7.89. The fourth-order valence-corrected chi connectivity index (χ4v) is 3.25. The quantitative estimate of drug-likeness (QED) is 0.873. The molecule has 1 aliphatic rings. The molecule has 0 aliphatic carbocycles. The zero-order chi connectivity index (χ0) is 15.8. The van der Waals surface area contributed by atoms with E-state index in [0.29, 0.717) is 12.2 Å². The number of carbonyl (C=O) groups excluding carboxylic acids is 1. The van der Waals surface area contributed by atoms with Gasteiger partial charge in [-0.05, 0) is 24.1 Å². The second-order valence-corrected chi connectivity index (χ2v) is 7.61. The first kappa shape index (κ1) is 15.9. The molecule has 7 heteroatoms. The molecule has 0 saturated heterocycles. The molecule has 0 spiro atoms. The van der Waals surface area contributed by atoms with Crippen molar-refractivity contribution in [2.75, 3.05) is 32.1 Å². The molecule has 0 radical (unpaired) electrons. The monoisotopic (exact) mass is 311 g/mol. The van der Waals surface area contributed by atoms with Gasteiger partial charge in [0.2, 0.25) is 15.9 Å². The van der Waals surface area contributed by atoms with Crippen molar-refractivity contribution in [3.8, 4) is 0 Å². The zero-order valence-corrected chi connectivity index (χ0v) is 13.4. The maximum absolute atomic E-state index is 12.3. The van der Waals surface area contributed by atoms with Crippen LogP contribution in [0.15, 0.2) is 23.1 Å². The number of carbonyl (C=O) groups is 1. The molecule has 1 atom stereocenters. The van der Waals surface area contributed by atoms with Crippen LogP contribution in [-0.2, 0) is 21.2 Å². The average molecular weight is 311 g/mol. The summed E-state index contributed by atoms with van der Waals surface area (Å²) in [6, 6.07) is 4.96. The molecule has 2 rings (SSSR count). The zero-order valence-electron chi connectivity index (χ0n) is 12.5. The number of nitrogens with zero attached hydrogens (tertiary/aromatic N) is 2. The number of hydrogen-bond acceptors (Lipinski definition) is 4. The molecular formula is C14H21N3O3S. The highest BCUT2D eigenvalue weighted by atomic mass is 32.2. The molecule has 1 unspecified atom stereocenters. The summed E-state index contributed by atoms with van der Waals surface area (Å²) in [5.74, 6) is -0.333. The van der Waals surface area contributed by atoms with Crippen molar-refractivity contribution in [1.82, 2.24) is 4.31 Å². The lowest BCUT2D eigenvalue weighted by Gasteiger charge is -2.21. The minimum atomic E-state index is -3.50. The number of fused-ring (bicyclic) bond motifs is 1. The summed E-state index contributed by atoms with van der Waals surface area (Å²) in [5.41, 5.74) is 7.22. The van der Waals surface area contributed by atoms with Crippen molar-refractivity contribution >= 4 is 21.6 Å². The number of amides is 1. The van der Waals surface area contributed by atoms with E-state index in [1.54, 1.807) is 30.0 Å². The van der Waals surface area contributed by atoms with Crippen molar-refractivity contribution in [1.29, 1.82) is 0 Å². The molecular weight excluding hydrogens is 290 g/mol. The molecule has 1 aromatic carbocycles. The number of benzene rings is 1. The van der Waals surface area contributed by atoms with E-state index in [1.807, 2.05) is 0 Å². The highest BCUT2D eigenvalue weighted by Crippen LogP contribution is 2.32. The number of anilines is 1. The predicted molar refractivity (Wildman–Crippen MR) is 81.6 cm³/mol. The Kier molecular flexibility index (Phi) is 4.36. The van der Waals surface area contributed by atoms with Gasteiger partial charge in [0.1, 0.15) is 0 Å². The molecule has 1 aliphatic heterocycles. The van der Waals surface area contributed by atoms with Crippen molar-refractivity contribution in [2.24, 2.45) is 11.7 Å². The van der Waals surface area contributed by atoms with Crippen LogP contribution < -0.4 is 10.6 Å². The first-order valence-electron chi connectivity index (χ1n) is 6.86. The second-order valence-electron chi connectivity index (χ2n) is 5.45. The van der Waals surface area contributed by atoms with E-state index in [2.05, 4.69) is 0 Å². The van der Waals surface area contributed by atoms with E-state index in [9.17, 15) is 13.2 Å². The first-order chi connectivity index (χ1) is 9.78. The molecule has 0 saturated carbocycles. The SMILES string of the molecule is CC(CN)C(=O)N1CCc2ccc(S(=O)(=O)N(C)C)cc21. The molecule has 2 N–H and O–H groups in total. The van der Waals surface area contributed by atoms with Gasteiger partial charge >= 0.3 is 0 Å². The van der Waals surface area contributed by atoms with Crippen LogP contribution in [0.3, 0.4) is 0 Å². The lowest BCUT2D eigenvalue weighted by molar-refractivity contribution is -0.121. The molecule has 1 aromatic rings. The summed E-state index contributed by atoms with van der Waals surface area (Å²) in [6.07, 6.45) is 0.737. The first-order valence-corrected chi connectivity index (χ1v) is 8.30. The van der Waals surface area contributed by atoms with Crippen LogP contribution in [-0.4, -0.2) is 45.8 Å². The summed E-state index contributed by atoms with van der Waals surface area (Å²) >= 11 is 0. The van der Waals surface area contributed by atoms with E-state index >= 15 is 0 Å². The Morgan fingerprint density at radius 1 is 1.43 bits per heavy atom. The Bertz CT molecular complexity index is 655. The standard InChI is InChI=1S/C14H21N3O3S/c1-10(9-15)14(18)17-7-6-11-4-5-12(8-13(11)17)21(19,20)16(2)3/h4-5,8,10H,6-7,9,15H2,1-3H3. The third kappa shape index (κ3) is 2.81. The van der Waals surface area contributed by atoms with Crippen LogP contribution in [0.5, 0.6) is 0 Å². The van der Waals surface area contributed by atoms with E-state index in [0.717, 1.165) is 12.0 Å². The van der Waals surface area contributed by atoms with E-state index in [1.165, 1.54) is 18.4 Å². The Morgan fingerprint density at radius 3 is 2.67 bits per heavy atom. The minimum absolute atomic E-state index is 0.0596. The van der Waals surface area contributed by atoms with Gasteiger partial charge in [-0.25, -0.2) is 12.7 Å². The highest BCUT2D eigenvalue weighted by Gasteiger charge is 2.29. The summed E-state index contributed by atoms with van der Waals surface area (Å²) in [7, 11) is -0.527. The molecule has 21 heavy (non-hydrogen) atoms. The van der Waals surface area contributed by atoms with Crippen LogP contribution in [0, 0.1) is 5.92 Å². The molecule has 116 valence electrons. The van der Waals surface area contributed by atoms with Crippen LogP contribution in [0.2, 0.25) is 0 Å². The van der Waals surface area contributed by atoms with Gasteiger partial charge in [-0.3, -0.25) is 4.79 Å². The van der Waals surface area contributed by atoms with Crippen molar-refractivity contribution in [3.63, 3.8) is 0 Å². The third-order valence-corrected chi connectivity index (χ3v) is 5.58. The van der Waals surface area contributed by atoms with Gasteiger partial charge in [0, 0.05) is 38.8 Å². The predicted octanol–water partition coefficient (Wildman–Crippen LogP) is 0.421. The van der Waals surface area contributed by atoms with Crippen molar-refractivity contribution in [3.05, 3.63) is 23.8 Å². The summed E-state index contributed by atoms with van der Waals surface area (Å²) in [6.45, 7) is 2.63. The summed E-state index contributed by atoms with van der Waals surface area (Å²) < 4.78 is 25.6. The maximum Gasteiger partial charge on any atom is 0.242 e. The largest absolute Gasteiger partial charge is 0.330 e.